The molecule has 1 aliphatic rings. The van der Waals surface area contributed by atoms with Crippen molar-refractivity contribution < 1.29 is 17.6 Å². The van der Waals surface area contributed by atoms with Gasteiger partial charge in [0.2, 0.25) is 0 Å². The Kier molecular flexibility index (Phi) is 1.89. The van der Waals surface area contributed by atoms with Crippen LogP contribution in [0.5, 0.6) is 0 Å². The van der Waals surface area contributed by atoms with Crippen molar-refractivity contribution >= 4 is 0 Å². The van der Waals surface area contributed by atoms with Crippen LogP contribution in [0.2, 0.25) is 0 Å². The maximum atomic E-state index is 13.3. The third kappa shape index (κ3) is 1.33. The second-order valence-corrected chi connectivity index (χ2v) is 3.93. The lowest BCUT2D eigenvalue weighted by atomic mass is 10.0. The van der Waals surface area contributed by atoms with Crippen molar-refractivity contribution in [1.82, 2.24) is 0 Å². The molecule has 82 valence electrons. The molecule has 5 heteroatoms. The summed E-state index contributed by atoms with van der Waals surface area (Å²) in [4.78, 5) is 0. The first-order valence-electron chi connectivity index (χ1n) is 4.41. The number of nitrogens with two attached hydrogens (primary N) is 1. The van der Waals surface area contributed by atoms with E-state index in [1.807, 2.05) is 0 Å². The number of aryl methyl sites for hydroxylation is 1. The summed E-state index contributed by atoms with van der Waals surface area (Å²) in [6.45, 7) is 1.36. The van der Waals surface area contributed by atoms with Gasteiger partial charge in [0.05, 0.1) is 0 Å². The zero-order valence-electron chi connectivity index (χ0n) is 7.95. The molecule has 15 heavy (non-hydrogen) atoms. The van der Waals surface area contributed by atoms with Gasteiger partial charge in [0.1, 0.15) is 17.2 Å². The molecule has 0 spiro atoms. The van der Waals surface area contributed by atoms with Gasteiger partial charge in [-0.05, 0) is 24.6 Å². The number of hydrogen-bond donors (Lipinski definition) is 1. The van der Waals surface area contributed by atoms with Crippen LogP contribution in [-0.2, 0) is 5.54 Å². The number of hydrogen-bond acceptors (Lipinski definition) is 1. The molecule has 1 aromatic carbocycles. The Morgan fingerprint density at radius 1 is 1.20 bits per heavy atom. The lowest BCUT2D eigenvalue weighted by Crippen LogP contribution is -2.28. The Bertz CT molecular complexity index is 430. The summed E-state index contributed by atoms with van der Waals surface area (Å²) in [5, 5.41) is 0. The van der Waals surface area contributed by atoms with Crippen LogP contribution in [0.3, 0.4) is 0 Å². The summed E-state index contributed by atoms with van der Waals surface area (Å²) in [7, 11) is 0. The molecular formula is C10H9F4N. The van der Waals surface area contributed by atoms with Crippen molar-refractivity contribution in [2.45, 2.75) is 24.8 Å². The van der Waals surface area contributed by atoms with Crippen molar-refractivity contribution in [3.63, 3.8) is 0 Å². The van der Waals surface area contributed by atoms with E-state index in [4.69, 9.17) is 5.73 Å². The predicted octanol–water partition coefficient (Wildman–Crippen LogP) is 2.47. The average Bonchev–Trinajstić information content (AvgIpc) is 2.60. The first kappa shape index (κ1) is 10.4. The van der Waals surface area contributed by atoms with Gasteiger partial charge in [-0.15, -0.1) is 0 Å². The van der Waals surface area contributed by atoms with Crippen molar-refractivity contribution in [3.05, 3.63) is 34.9 Å². The van der Waals surface area contributed by atoms with Crippen LogP contribution in [0, 0.1) is 18.6 Å². The van der Waals surface area contributed by atoms with E-state index in [1.165, 1.54) is 6.92 Å². The van der Waals surface area contributed by atoms with E-state index in [1.54, 1.807) is 0 Å². The standard InChI is InChI=1S/C10H9F4N/c1-5-2-8(12)6(3-7(5)11)9(15)4-10(9,13)14/h2-3H,4,15H2,1H3. The van der Waals surface area contributed by atoms with Gasteiger partial charge in [0.15, 0.2) is 0 Å². The molecule has 0 aromatic heterocycles. The Labute approximate surface area is 83.9 Å². The van der Waals surface area contributed by atoms with E-state index < -0.39 is 35.1 Å². The summed E-state index contributed by atoms with van der Waals surface area (Å²) in [6, 6.07) is 1.64. The van der Waals surface area contributed by atoms with Crippen LogP contribution in [0.15, 0.2) is 12.1 Å². The monoisotopic (exact) mass is 219 g/mol. The molecule has 1 aliphatic carbocycles. The summed E-state index contributed by atoms with van der Waals surface area (Å²) in [5.41, 5.74) is 2.90. The van der Waals surface area contributed by atoms with Gasteiger partial charge < -0.3 is 5.73 Å². The van der Waals surface area contributed by atoms with E-state index in [0.717, 1.165) is 12.1 Å². The van der Waals surface area contributed by atoms with Crippen molar-refractivity contribution in [1.29, 1.82) is 0 Å². The SMILES string of the molecule is Cc1cc(F)c(C2(N)CC2(F)F)cc1F. The zero-order chi connectivity index (χ0) is 11.4. The molecule has 0 saturated heterocycles. The largest absolute Gasteiger partial charge is 0.316 e. The third-order valence-corrected chi connectivity index (χ3v) is 2.76. The highest BCUT2D eigenvalue weighted by Crippen LogP contribution is 2.58. The quantitative estimate of drug-likeness (QED) is 0.721. The molecule has 0 radical (unpaired) electrons. The number of halogens is 4. The maximum Gasteiger partial charge on any atom is 0.272 e. The van der Waals surface area contributed by atoms with E-state index in [9.17, 15) is 17.6 Å². The van der Waals surface area contributed by atoms with E-state index in [2.05, 4.69) is 0 Å². The predicted molar refractivity (Wildman–Crippen MR) is 46.5 cm³/mol. The van der Waals surface area contributed by atoms with Crippen LogP contribution in [0.4, 0.5) is 17.6 Å². The van der Waals surface area contributed by atoms with E-state index in [0.29, 0.717) is 0 Å². The normalized spacial score (nSPS) is 27.9. The van der Waals surface area contributed by atoms with Crippen LogP contribution in [0.25, 0.3) is 0 Å². The Balaban J connectivity index is 2.52. The molecule has 0 amide bonds. The Morgan fingerprint density at radius 3 is 2.20 bits per heavy atom. The molecule has 0 aliphatic heterocycles. The smallest absolute Gasteiger partial charge is 0.272 e. The second kappa shape index (κ2) is 2.72. The van der Waals surface area contributed by atoms with Crippen molar-refractivity contribution in [2.75, 3.05) is 0 Å². The molecule has 1 fully saturated rings. The minimum atomic E-state index is -3.14. The minimum Gasteiger partial charge on any atom is -0.316 e. The number of alkyl halides is 2. The molecule has 2 N–H and O–H groups in total. The van der Waals surface area contributed by atoms with Crippen LogP contribution in [-0.4, -0.2) is 5.92 Å². The summed E-state index contributed by atoms with van der Waals surface area (Å²) in [5.74, 6) is -4.75. The van der Waals surface area contributed by atoms with Gasteiger partial charge in [-0.1, -0.05) is 0 Å². The van der Waals surface area contributed by atoms with Gasteiger partial charge in [0, 0.05) is 12.0 Å². The Hall–Kier alpha value is -1.10. The molecule has 0 bridgehead atoms. The number of rotatable bonds is 1. The fraction of sp³-hybridized carbons (Fsp3) is 0.400. The van der Waals surface area contributed by atoms with Gasteiger partial charge in [-0.25, -0.2) is 17.6 Å². The van der Waals surface area contributed by atoms with Gasteiger partial charge in [-0.3, -0.25) is 0 Å². The van der Waals surface area contributed by atoms with E-state index >= 15 is 0 Å². The minimum absolute atomic E-state index is 0.0730. The molecular weight excluding hydrogens is 210 g/mol. The highest BCUT2D eigenvalue weighted by Gasteiger charge is 2.70. The molecule has 1 atom stereocenters. The van der Waals surface area contributed by atoms with Crippen LogP contribution >= 0.6 is 0 Å². The average molecular weight is 219 g/mol. The summed E-state index contributed by atoms with van der Waals surface area (Å²) < 4.78 is 52.2. The molecule has 2 rings (SSSR count). The first-order chi connectivity index (χ1) is 6.78. The fourth-order valence-corrected chi connectivity index (χ4v) is 1.59. The number of benzene rings is 1. The third-order valence-electron chi connectivity index (χ3n) is 2.76. The Morgan fingerprint density at radius 2 is 1.73 bits per heavy atom. The molecule has 1 nitrogen and oxygen atoms in total. The van der Waals surface area contributed by atoms with Crippen LogP contribution in [0.1, 0.15) is 17.5 Å². The zero-order valence-corrected chi connectivity index (χ0v) is 7.95. The van der Waals surface area contributed by atoms with Gasteiger partial charge >= 0.3 is 0 Å². The maximum absolute atomic E-state index is 13.3. The van der Waals surface area contributed by atoms with E-state index in [-0.39, 0.29) is 5.56 Å². The summed E-state index contributed by atoms with van der Waals surface area (Å²) >= 11 is 0. The molecule has 1 unspecified atom stereocenters. The topological polar surface area (TPSA) is 26.0 Å². The molecule has 1 aromatic rings. The van der Waals surface area contributed by atoms with Gasteiger partial charge in [-0.2, -0.15) is 0 Å². The highest BCUT2D eigenvalue weighted by atomic mass is 19.3. The lowest BCUT2D eigenvalue weighted by molar-refractivity contribution is 0.0881. The van der Waals surface area contributed by atoms with Crippen molar-refractivity contribution in [3.8, 4) is 0 Å². The van der Waals surface area contributed by atoms with Crippen LogP contribution < -0.4 is 5.73 Å². The highest BCUT2D eigenvalue weighted by molar-refractivity contribution is 5.39. The molecule has 0 heterocycles. The van der Waals surface area contributed by atoms with Gasteiger partial charge in [0.25, 0.3) is 5.92 Å². The first-order valence-corrected chi connectivity index (χ1v) is 4.41. The second-order valence-electron chi connectivity index (χ2n) is 3.93. The van der Waals surface area contributed by atoms with Crippen molar-refractivity contribution in [2.24, 2.45) is 5.73 Å². The lowest BCUT2D eigenvalue weighted by Gasteiger charge is -2.12. The summed E-state index contributed by atoms with van der Waals surface area (Å²) in [6.07, 6.45) is -0.639. The molecule has 1 saturated carbocycles. The fourth-order valence-electron chi connectivity index (χ4n) is 1.59.